The fourth-order valence-corrected chi connectivity index (χ4v) is 3.83. The highest BCUT2D eigenvalue weighted by Crippen LogP contribution is 2.19. The fourth-order valence-electron chi connectivity index (χ4n) is 3.11. The molecule has 2 aromatic rings. The summed E-state index contributed by atoms with van der Waals surface area (Å²) >= 11 is 1.47. The first kappa shape index (κ1) is 19.5. The molecule has 6 nitrogen and oxygen atoms in total. The molecule has 2 N–H and O–H groups in total. The Morgan fingerprint density at radius 3 is 2.67 bits per heavy atom. The average molecular weight is 387 g/mol. The Labute approximate surface area is 164 Å². The molecule has 0 unspecified atom stereocenters. The van der Waals surface area contributed by atoms with Gasteiger partial charge in [-0.3, -0.25) is 14.5 Å². The van der Waals surface area contributed by atoms with Crippen LogP contribution in [0.2, 0.25) is 0 Å². The van der Waals surface area contributed by atoms with Crippen molar-refractivity contribution in [1.82, 2.24) is 15.2 Å². The highest BCUT2D eigenvalue weighted by atomic mass is 32.1. The van der Waals surface area contributed by atoms with E-state index in [0.717, 1.165) is 25.3 Å². The van der Waals surface area contributed by atoms with E-state index < -0.39 is 0 Å². The number of benzene rings is 1. The number of aromatic nitrogens is 1. The first-order valence-corrected chi connectivity index (χ1v) is 10.4. The lowest BCUT2D eigenvalue weighted by molar-refractivity contribution is -0.116. The van der Waals surface area contributed by atoms with Gasteiger partial charge >= 0.3 is 0 Å². The van der Waals surface area contributed by atoms with Crippen LogP contribution in [0.3, 0.4) is 0 Å². The van der Waals surface area contributed by atoms with Gasteiger partial charge in [-0.1, -0.05) is 24.6 Å². The van der Waals surface area contributed by atoms with Crippen molar-refractivity contribution in [2.75, 3.05) is 25.0 Å². The zero-order valence-corrected chi connectivity index (χ0v) is 16.3. The predicted octanol–water partition coefficient (Wildman–Crippen LogP) is 3.28. The summed E-state index contributed by atoms with van der Waals surface area (Å²) in [4.78, 5) is 30.9. The van der Waals surface area contributed by atoms with Crippen molar-refractivity contribution in [2.45, 2.75) is 38.6 Å². The molecule has 144 valence electrons. The van der Waals surface area contributed by atoms with Crippen LogP contribution >= 0.6 is 11.3 Å². The Morgan fingerprint density at radius 1 is 1.11 bits per heavy atom. The molecule has 0 saturated carbocycles. The number of nitrogens with zero attached hydrogens (tertiary/aromatic N) is 2. The Morgan fingerprint density at radius 2 is 1.89 bits per heavy atom. The Balaban J connectivity index is 1.34. The molecule has 1 aliphatic heterocycles. The van der Waals surface area contributed by atoms with Crippen molar-refractivity contribution in [3.05, 3.63) is 47.0 Å². The molecule has 0 spiro atoms. The van der Waals surface area contributed by atoms with E-state index in [9.17, 15) is 9.59 Å². The van der Waals surface area contributed by atoms with E-state index in [-0.39, 0.29) is 11.8 Å². The molecular weight excluding hydrogens is 360 g/mol. The molecule has 1 aliphatic rings. The van der Waals surface area contributed by atoms with Crippen molar-refractivity contribution in [3.8, 4) is 0 Å². The van der Waals surface area contributed by atoms with Crippen molar-refractivity contribution < 1.29 is 9.59 Å². The number of carbonyl (C=O) groups is 2. The van der Waals surface area contributed by atoms with E-state index in [1.807, 2.05) is 23.6 Å². The lowest BCUT2D eigenvalue weighted by Crippen LogP contribution is -2.29. The highest BCUT2D eigenvalue weighted by molar-refractivity contribution is 7.13. The zero-order valence-electron chi connectivity index (χ0n) is 15.4. The standard InChI is InChI=1S/C20H26N4O2S/c25-18(10-7-11-21-19(26)16-8-3-1-4-9-16)23-20-22-17(15-27-20)14-24-12-5-2-6-13-24/h1,3-4,8-9,15H,2,5-7,10-14H2,(H,21,26)(H,22,23,25). The van der Waals surface area contributed by atoms with E-state index in [1.54, 1.807) is 12.1 Å². The molecule has 0 radical (unpaired) electrons. The smallest absolute Gasteiger partial charge is 0.251 e. The molecule has 2 heterocycles. The number of rotatable bonds is 8. The number of nitrogens with one attached hydrogen (secondary N) is 2. The van der Waals surface area contributed by atoms with Gasteiger partial charge in [-0.15, -0.1) is 11.3 Å². The summed E-state index contributed by atoms with van der Waals surface area (Å²) in [5.74, 6) is -0.180. The second kappa shape index (κ2) is 10.2. The highest BCUT2D eigenvalue weighted by Gasteiger charge is 2.13. The molecule has 1 aromatic carbocycles. The van der Waals surface area contributed by atoms with E-state index in [2.05, 4.69) is 20.5 Å². The third-order valence-corrected chi connectivity index (χ3v) is 5.34. The zero-order chi connectivity index (χ0) is 18.9. The number of carbonyl (C=O) groups excluding carboxylic acids is 2. The van der Waals surface area contributed by atoms with E-state index in [4.69, 9.17) is 0 Å². The van der Waals surface area contributed by atoms with Crippen molar-refractivity contribution in [3.63, 3.8) is 0 Å². The van der Waals surface area contributed by atoms with Crippen LogP contribution < -0.4 is 10.6 Å². The topological polar surface area (TPSA) is 74.3 Å². The maximum Gasteiger partial charge on any atom is 0.251 e. The number of likely N-dealkylation sites (tertiary alicyclic amines) is 1. The Hall–Kier alpha value is -2.25. The normalized spacial score (nSPS) is 14.7. The summed E-state index contributed by atoms with van der Waals surface area (Å²) in [5.41, 5.74) is 1.65. The number of anilines is 1. The number of amides is 2. The maximum absolute atomic E-state index is 12.1. The van der Waals surface area contributed by atoms with Crippen LogP contribution in [0.4, 0.5) is 5.13 Å². The van der Waals surface area contributed by atoms with Gasteiger partial charge in [0, 0.05) is 30.5 Å². The van der Waals surface area contributed by atoms with Gasteiger partial charge in [0.05, 0.1) is 5.69 Å². The molecule has 0 bridgehead atoms. The van der Waals surface area contributed by atoms with Gasteiger partial charge in [0.1, 0.15) is 0 Å². The van der Waals surface area contributed by atoms with Crippen LogP contribution in [0.1, 0.15) is 48.2 Å². The molecule has 1 aromatic heterocycles. The van der Waals surface area contributed by atoms with Gasteiger partial charge in [0.25, 0.3) is 5.91 Å². The molecular formula is C20H26N4O2S. The Kier molecular flexibility index (Phi) is 7.36. The summed E-state index contributed by atoms with van der Waals surface area (Å²) < 4.78 is 0. The predicted molar refractivity (Wildman–Crippen MR) is 108 cm³/mol. The molecule has 3 rings (SSSR count). The SMILES string of the molecule is O=C(CCCNC(=O)c1ccccc1)Nc1nc(CN2CCCCC2)cs1. The van der Waals surface area contributed by atoms with Gasteiger partial charge in [-0.2, -0.15) is 0 Å². The molecule has 1 fully saturated rings. The largest absolute Gasteiger partial charge is 0.352 e. The number of hydrogen-bond donors (Lipinski definition) is 2. The summed E-state index contributed by atoms with van der Waals surface area (Å²) in [5, 5.41) is 8.36. The van der Waals surface area contributed by atoms with Gasteiger partial charge in [0.15, 0.2) is 5.13 Å². The fraction of sp³-hybridized carbons (Fsp3) is 0.450. The van der Waals surface area contributed by atoms with Crippen LogP contribution in [0, 0.1) is 0 Å². The monoisotopic (exact) mass is 386 g/mol. The van der Waals surface area contributed by atoms with Crippen LogP contribution in [-0.2, 0) is 11.3 Å². The van der Waals surface area contributed by atoms with Gasteiger partial charge in [0.2, 0.25) is 5.91 Å². The molecule has 27 heavy (non-hydrogen) atoms. The average Bonchev–Trinajstić information content (AvgIpc) is 3.13. The summed E-state index contributed by atoms with van der Waals surface area (Å²) in [6.45, 7) is 3.60. The number of piperidine rings is 1. The number of hydrogen-bond acceptors (Lipinski definition) is 5. The van der Waals surface area contributed by atoms with Gasteiger partial charge in [-0.05, 0) is 44.5 Å². The minimum atomic E-state index is -0.113. The van der Waals surface area contributed by atoms with E-state index in [1.165, 1.54) is 30.6 Å². The maximum atomic E-state index is 12.1. The minimum absolute atomic E-state index is 0.0668. The lowest BCUT2D eigenvalue weighted by atomic mass is 10.1. The van der Waals surface area contributed by atoms with Gasteiger partial charge < -0.3 is 10.6 Å². The minimum Gasteiger partial charge on any atom is -0.352 e. The summed E-state index contributed by atoms with van der Waals surface area (Å²) in [7, 11) is 0. The van der Waals surface area contributed by atoms with Crippen molar-refractivity contribution in [2.24, 2.45) is 0 Å². The quantitative estimate of drug-likeness (QED) is 0.683. The second-order valence-corrected chi connectivity index (χ2v) is 7.61. The van der Waals surface area contributed by atoms with E-state index >= 15 is 0 Å². The van der Waals surface area contributed by atoms with Crippen LogP contribution in [0.15, 0.2) is 35.7 Å². The van der Waals surface area contributed by atoms with Gasteiger partial charge in [-0.25, -0.2) is 4.98 Å². The van der Waals surface area contributed by atoms with Crippen LogP contribution in [0.5, 0.6) is 0 Å². The van der Waals surface area contributed by atoms with Crippen molar-refractivity contribution >= 4 is 28.3 Å². The third kappa shape index (κ3) is 6.45. The molecule has 1 saturated heterocycles. The van der Waals surface area contributed by atoms with E-state index in [0.29, 0.717) is 30.1 Å². The number of thiazole rings is 1. The Bertz CT molecular complexity index is 741. The first-order valence-electron chi connectivity index (χ1n) is 9.50. The summed E-state index contributed by atoms with van der Waals surface area (Å²) in [6, 6.07) is 9.07. The second-order valence-electron chi connectivity index (χ2n) is 6.75. The molecule has 7 heteroatoms. The van der Waals surface area contributed by atoms with Crippen LogP contribution in [-0.4, -0.2) is 41.3 Å². The van der Waals surface area contributed by atoms with Crippen molar-refractivity contribution in [1.29, 1.82) is 0 Å². The third-order valence-electron chi connectivity index (χ3n) is 4.53. The molecule has 2 amide bonds. The lowest BCUT2D eigenvalue weighted by Gasteiger charge is -2.25. The van der Waals surface area contributed by atoms with Crippen LogP contribution in [0.25, 0.3) is 0 Å². The molecule has 0 atom stereocenters. The first-order chi connectivity index (χ1) is 13.2. The summed E-state index contributed by atoms with van der Waals surface area (Å²) in [6.07, 6.45) is 4.79. The molecule has 0 aliphatic carbocycles.